The molecular formula is C20H18N2O3S. The lowest BCUT2D eigenvalue weighted by molar-refractivity contribution is 0.100. The molecule has 5 nitrogen and oxygen atoms in total. The van der Waals surface area contributed by atoms with Crippen LogP contribution in [-0.4, -0.2) is 14.3 Å². The second kappa shape index (κ2) is 7.41. The third-order valence-corrected chi connectivity index (χ3v) is 5.71. The van der Waals surface area contributed by atoms with Crippen molar-refractivity contribution in [3.8, 4) is 0 Å². The zero-order valence-electron chi connectivity index (χ0n) is 13.9. The van der Waals surface area contributed by atoms with Gasteiger partial charge in [0.2, 0.25) is 5.91 Å². The lowest BCUT2D eigenvalue weighted by Crippen LogP contribution is -2.30. The van der Waals surface area contributed by atoms with Crippen LogP contribution in [0.25, 0.3) is 0 Å². The molecule has 2 N–H and O–H groups in total. The van der Waals surface area contributed by atoms with Crippen LogP contribution in [0.5, 0.6) is 0 Å². The first-order valence-electron chi connectivity index (χ1n) is 8.00. The molecule has 0 heterocycles. The van der Waals surface area contributed by atoms with E-state index in [-0.39, 0.29) is 17.0 Å². The first-order valence-corrected chi connectivity index (χ1v) is 9.44. The van der Waals surface area contributed by atoms with E-state index in [1.54, 1.807) is 48.5 Å². The van der Waals surface area contributed by atoms with Gasteiger partial charge in [-0.3, -0.25) is 9.10 Å². The van der Waals surface area contributed by atoms with E-state index in [1.807, 2.05) is 30.3 Å². The first kappa shape index (κ1) is 17.7. The Bertz CT molecular complexity index is 1000. The molecule has 132 valence electrons. The molecule has 0 saturated carbocycles. The van der Waals surface area contributed by atoms with Gasteiger partial charge >= 0.3 is 0 Å². The molecule has 0 aliphatic heterocycles. The van der Waals surface area contributed by atoms with E-state index in [9.17, 15) is 13.2 Å². The van der Waals surface area contributed by atoms with Crippen molar-refractivity contribution in [1.82, 2.24) is 0 Å². The number of carbonyl (C=O) groups excluding carboxylic acids is 1. The molecule has 0 radical (unpaired) electrons. The Morgan fingerprint density at radius 2 is 1.46 bits per heavy atom. The number of amides is 1. The van der Waals surface area contributed by atoms with Gasteiger partial charge in [-0.25, -0.2) is 8.42 Å². The number of nitrogens with zero attached hydrogens (tertiary/aromatic N) is 1. The topological polar surface area (TPSA) is 80.5 Å². The summed E-state index contributed by atoms with van der Waals surface area (Å²) in [6, 6.07) is 23.8. The van der Waals surface area contributed by atoms with Crippen LogP contribution in [0.15, 0.2) is 89.8 Å². The van der Waals surface area contributed by atoms with Gasteiger partial charge in [0.05, 0.1) is 17.1 Å². The highest BCUT2D eigenvalue weighted by atomic mass is 32.2. The van der Waals surface area contributed by atoms with Crippen LogP contribution in [-0.2, 0) is 16.6 Å². The summed E-state index contributed by atoms with van der Waals surface area (Å²) < 4.78 is 27.7. The molecule has 0 fully saturated rings. The molecular weight excluding hydrogens is 348 g/mol. The third-order valence-electron chi connectivity index (χ3n) is 3.92. The van der Waals surface area contributed by atoms with E-state index in [2.05, 4.69) is 0 Å². The molecule has 26 heavy (non-hydrogen) atoms. The standard InChI is InChI=1S/C20H18N2O3S/c21-20(23)17-10-7-11-18(14-17)22(15-16-8-3-1-4-9-16)26(24,25)19-12-5-2-6-13-19/h1-14H,15H2,(H2,21,23). The number of primary amides is 1. The predicted molar refractivity (Wildman–Crippen MR) is 101 cm³/mol. The lowest BCUT2D eigenvalue weighted by Gasteiger charge is -2.25. The minimum atomic E-state index is -3.81. The summed E-state index contributed by atoms with van der Waals surface area (Å²) in [5, 5.41) is 0. The van der Waals surface area contributed by atoms with Crippen LogP contribution in [0.4, 0.5) is 5.69 Å². The average molecular weight is 366 g/mol. The fraction of sp³-hybridized carbons (Fsp3) is 0.0500. The van der Waals surface area contributed by atoms with Crippen LogP contribution in [0.1, 0.15) is 15.9 Å². The molecule has 6 heteroatoms. The SMILES string of the molecule is NC(=O)c1cccc(N(Cc2ccccc2)S(=O)(=O)c2ccccc2)c1. The first-order chi connectivity index (χ1) is 12.5. The fourth-order valence-electron chi connectivity index (χ4n) is 2.60. The maximum Gasteiger partial charge on any atom is 0.264 e. The summed E-state index contributed by atoms with van der Waals surface area (Å²) in [7, 11) is -3.81. The summed E-state index contributed by atoms with van der Waals surface area (Å²) in [6.45, 7) is 0.139. The molecule has 3 aromatic rings. The Labute approximate surface area is 152 Å². The van der Waals surface area contributed by atoms with Crippen molar-refractivity contribution in [2.24, 2.45) is 5.73 Å². The summed E-state index contributed by atoms with van der Waals surface area (Å²) in [4.78, 5) is 11.7. The predicted octanol–water partition coefficient (Wildman–Crippen LogP) is 3.18. The van der Waals surface area contributed by atoms with Crippen molar-refractivity contribution in [3.05, 3.63) is 96.1 Å². The molecule has 3 rings (SSSR count). The van der Waals surface area contributed by atoms with E-state index in [1.165, 1.54) is 10.4 Å². The minimum Gasteiger partial charge on any atom is -0.366 e. The van der Waals surface area contributed by atoms with Gasteiger partial charge in [-0.1, -0.05) is 54.6 Å². The van der Waals surface area contributed by atoms with Crippen molar-refractivity contribution in [3.63, 3.8) is 0 Å². The van der Waals surface area contributed by atoms with Crippen LogP contribution >= 0.6 is 0 Å². The normalized spacial score (nSPS) is 11.1. The van der Waals surface area contributed by atoms with Gasteiger partial charge in [-0.15, -0.1) is 0 Å². The number of benzene rings is 3. The Hall–Kier alpha value is -3.12. The molecule has 0 unspecified atom stereocenters. The Morgan fingerprint density at radius 3 is 2.08 bits per heavy atom. The van der Waals surface area contributed by atoms with Crippen LogP contribution < -0.4 is 10.0 Å². The molecule has 0 atom stereocenters. The number of hydrogen-bond donors (Lipinski definition) is 1. The largest absolute Gasteiger partial charge is 0.366 e. The van der Waals surface area contributed by atoms with Crippen LogP contribution in [0.3, 0.4) is 0 Å². The molecule has 3 aromatic carbocycles. The monoisotopic (exact) mass is 366 g/mol. The maximum atomic E-state index is 13.2. The molecule has 1 amide bonds. The number of nitrogens with two attached hydrogens (primary N) is 1. The van der Waals surface area contributed by atoms with Gasteiger partial charge < -0.3 is 5.73 Å². The van der Waals surface area contributed by atoms with Gasteiger partial charge in [-0.05, 0) is 35.9 Å². The van der Waals surface area contributed by atoms with Gasteiger partial charge in [0.15, 0.2) is 0 Å². The summed E-state index contributed by atoms with van der Waals surface area (Å²) >= 11 is 0. The second-order valence-electron chi connectivity index (χ2n) is 5.72. The molecule has 0 saturated heterocycles. The Morgan fingerprint density at radius 1 is 0.846 bits per heavy atom. The number of anilines is 1. The highest BCUT2D eigenvalue weighted by Gasteiger charge is 2.25. The highest BCUT2D eigenvalue weighted by molar-refractivity contribution is 7.92. The average Bonchev–Trinajstić information content (AvgIpc) is 2.67. The third kappa shape index (κ3) is 3.75. The van der Waals surface area contributed by atoms with Gasteiger partial charge in [-0.2, -0.15) is 0 Å². The summed E-state index contributed by atoms with van der Waals surface area (Å²) in [5.74, 6) is -0.608. The number of hydrogen-bond acceptors (Lipinski definition) is 3. The van der Waals surface area contributed by atoms with E-state index in [0.29, 0.717) is 5.69 Å². The molecule has 0 spiro atoms. The maximum absolute atomic E-state index is 13.2. The van der Waals surface area contributed by atoms with E-state index in [0.717, 1.165) is 5.56 Å². The Balaban J connectivity index is 2.11. The molecule has 0 aliphatic carbocycles. The minimum absolute atomic E-state index is 0.139. The summed E-state index contributed by atoms with van der Waals surface area (Å²) in [6.07, 6.45) is 0. The van der Waals surface area contributed by atoms with E-state index < -0.39 is 15.9 Å². The molecule has 0 aliphatic rings. The zero-order chi connectivity index (χ0) is 18.6. The number of rotatable bonds is 6. The smallest absolute Gasteiger partial charge is 0.264 e. The molecule has 0 aromatic heterocycles. The van der Waals surface area contributed by atoms with Gasteiger partial charge in [0.25, 0.3) is 10.0 Å². The number of carbonyl (C=O) groups is 1. The fourth-order valence-corrected chi connectivity index (χ4v) is 4.06. The second-order valence-corrected chi connectivity index (χ2v) is 7.59. The van der Waals surface area contributed by atoms with Crippen molar-refractivity contribution >= 4 is 21.6 Å². The van der Waals surface area contributed by atoms with Crippen molar-refractivity contribution in [2.75, 3.05) is 4.31 Å². The lowest BCUT2D eigenvalue weighted by atomic mass is 10.2. The van der Waals surface area contributed by atoms with Crippen molar-refractivity contribution in [2.45, 2.75) is 11.4 Å². The quantitative estimate of drug-likeness (QED) is 0.727. The van der Waals surface area contributed by atoms with Gasteiger partial charge in [0.1, 0.15) is 0 Å². The van der Waals surface area contributed by atoms with E-state index >= 15 is 0 Å². The molecule has 0 bridgehead atoms. The zero-order valence-corrected chi connectivity index (χ0v) is 14.8. The number of sulfonamides is 1. The van der Waals surface area contributed by atoms with Crippen molar-refractivity contribution in [1.29, 1.82) is 0 Å². The van der Waals surface area contributed by atoms with Gasteiger partial charge in [0, 0.05) is 5.56 Å². The summed E-state index contributed by atoms with van der Waals surface area (Å²) in [5.41, 5.74) is 6.82. The highest BCUT2D eigenvalue weighted by Crippen LogP contribution is 2.26. The van der Waals surface area contributed by atoms with Crippen LogP contribution in [0.2, 0.25) is 0 Å². The van der Waals surface area contributed by atoms with Crippen molar-refractivity contribution < 1.29 is 13.2 Å². The van der Waals surface area contributed by atoms with Crippen LogP contribution in [0, 0.1) is 0 Å². The Kier molecular flexibility index (Phi) is 5.04. The van der Waals surface area contributed by atoms with E-state index in [4.69, 9.17) is 5.73 Å².